The number of pyridine rings is 1. The summed E-state index contributed by atoms with van der Waals surface area (Å²) < 4.78 is 0. The van der Waals surface area contributed by atoms with E-state index in [0.29, 0.717) is 19.5 Å². The summed E-state index contributed by atoms with van der Waals surface area (Å²) in [6.45, 7) is 0.977. The number of amides is 2. The highest BCUT2D eigenvalue weighted by atomic mass is 16.2. The van der Waals surface area contributed by atoms with Crippen molar-refractivity contribution < 1.29 is 9.59 Å². The van der Waals surface area contributed by atoms with Gasteiger partial charge in [-0.2, -0.15) is 0 Å². The summed E-state index contributed by atoms with van der Waals surface area (Å²) in [6.07, 6.45) is 0.688. The second kappa shape index (κ2) is 5.82. The smallest absolute Gasteiger partial charge is 0.269 e. The summed E-state index contributed by atoms with van der Waals surface area (Å²) in [4.78, 5) is 26.1. The van der Waals surface area contributed by atoms with Gasteiger partial charge < -0.3 is 16.8 Å². The average molecular weight is 221 g/mol. The Morgan fingerprint density at radius 1 is 1.50 bits per heavy atom. The van der Waals surface area contributed by atoms with Gasteiger partial charge in [-0.1, -0.05) is 0 Å². The Bertz CT molecular complexity index is 392. The molecule has 0 saturated carbocycles. The number of aromatic nitrogens is 1. The first-order valence-corrected chi connectivity index (χ1v) is 4.82. The van der Waals surface area contributed by atoms with Crippen molar-refractivity contribution in [2.45, 2.75) is 6.42 Å². The monoisotopic (exact) mass is 221 g/mol. The van der Waals surface area contributed by atoms with Gasteiger partial charge in [-0.05, 0) is 25.1 Å². The van der Waals surface area contributed by atoms with Gasteiger partial charge in [-0.25, -0.2) is 4.98 Å². The van der Waals surface area contributed by atoms with Gasteiger partial charge in [-0.15, -0.1) is 0 Å². The molecule has 0 saturated heterocycles. The van der Waals surface area contributed by atoms with Gasteiger partial charge in [0.1, 0.15) is 11.4 Å². The molecule has 0 spiro atoms. The molecule has 85 valence electrons. The first-order valence-electron chi connectivity index (χ1n) is 4.82. The molecule has 1 aromatic heterocycles. The molecule has 0 unspecified atom stereocenters. The van der Waals surface area contributed by atoms with Crippen molar-refractivity contribution >= 4 is 11.8 Å². The second-order valence-corrected chi connectivity index (χ2v) is 3.09. The maximum absolute atomic E-state index is 11.5. The molecule has 2 amide bonds. The molecular formula is C10H13N4O2. The number of carbonyl (C=O) groups is 2. The maximum Gasteiger partial charge on any atom is 0.269 e. The van der Waals surface area contributed by atoms with E-state index in [1.54, 1.807) is 0 Å². The first-order chi connectivity index (χ1) is 7.65. The highest BCUT2D eigenvalue weighted by Gasteiger charge is 2.09. The number of nitrogens with one attached hydrogen (secondary N) is 1. The number of primary amides is 1. The average Bonchev–Trinajstić information content (AvgIpc) is 2.29. The van der Waals surface area contributed by atoms with E-state index in [4.69, 9.17) is 11.5 Å². The Morgan fingerprint density at radius 2 is 2.25 bits per heavy atom. The highest BCUT2D eigenvalue weighted by Crippen LogP contribution is 1.98. The molecular weight excluding hydrogens is 208 g/mol. The standard InChI is InChI=1S/C10H13N4O2/c11-5-2-6-13-10(16)8-4-1-3-7(14-8)9(12)15/h1,4H,2,5-6,11H2,(H2,12,15)(H,13,16). The Labute approximate surface area is 93.0 Å². The zero-order valence-electron chi connectivity index (χ0n) is 8.69. The van der Waals surface area contributed by atoms with Crippen LogP contribution in [0, 0.1) is 6.07 Å². The molecule has 1 aromatic rings. The lowest BCUT2D eigenvalue weighted by molar-refractivity contribution is 0.0948. The van der Waals surface area contributed by atoms with Crippen molar-refractivity contribution in [2.75, 3.05) is 13.1 Å². The Hall–Kier alpha value is -1.95. The fourth-order valence-electron chi connectivity index (χ4n) is 1.04. The summed E-state index contributed by atoms with van der Waals surface area (Å²) in [5.74, 6) is -1.07. The number of hydrogen-bond donors (Lipinski definition) is 3. The van der Waals surface area contributed by atoms with Crippen LogP contribution in [0.1, 0.15) is 27.4 Å². The summed E-state index contributed by atoms with van der Waals surface area (Å²) in [7, 11) is 0. The molecule has 1 rings (SSSR count). The molecule has 1 heterocycles. The van der Waals surface area contributed by atoms with Gasteiger partial charge in [0.05, 0.1) is 0 Å². The number of rotatable bonds is 5. The molecule has 0 aromatic carbocycles. The van der Waals surface area contributed by atoms with Crippen molar-refractivity contribution in [1.29, 1.82) is 0 Å². The van der Waals surface area contributed by atoms with Crippen LogP contribution in [0.3, 0.4) is 0 Å². The van der Waals surface area contributed by atoms with E-state index in [2.05, 4.69) is 16.4 Å². The van der Waals surface area contributed by atoms with E-state index in [9.17, 15) is 9.59 Å². The third kappa shape index (κ3) is 3.32. The summed E-state index contributed by atoms with van der Waals surface area (Å²) >= 11 is 0. The number of nitrogens with zero attached hydrogens (tertiary/aromatic N) is 1. The van der Waals surface area contributed by atoms with Crippen LogP contribution < -0.4 is 16.8 Å². The summed E-state index contributed by atoms with van der Waals surface area (Å²) in [5.41, 5.74) is 10.4. The molecule has 0 bridgehead atoms. The van der Waals surface area contributed by atoms with E-state index in [1.165, 1.54) is 12.1 Å². The molecule has 1 radical (unpaired) electrons. The topological polar surface area (TPSA) is 111 Å². The highest BCUT2D eigenvalue weighted by molar-refractivity contribution is 5.95. The number of carbonyl (C=O) groups excluding carboxylic acids is 2. The zero-order chi connectivity index (χ0) is 12.0. The Kier molecular flexibility index (Phi) is 4.41. The van der Waals surface area contributed by atoms with Crippen LogP contribution in [0.15, 0.2) is 12.1 Å². The molecule has 6 heteroatoms. The molecule has 5 N–H and O–H groups in total. The van der Waals surface area contributed by atoms with Crippen LogP contribution in [-0.2, 0) is 0 Å². The van der Waals surface area contributed by atoms with E-state index in [0.717, 1.165) is 0 Å². The van der Waals surface area contributed by atoms with Gasteiger partial charge in [0.15, 0.2) is 0 Å². The van der Waals surface area contributed by atoms with E-state index >= 15 is 0 Å². The Morgan fingerprint density at radius 3 is 2.88 bits per heavy atom. The van der Waals surface area contributed by atoms with Crippen LogP contribution >= 0.6 is 0 Å². The normalized spacial score (nSPS) is 9.81. The molecule has 0 aliphatic carbocycles. The van der Waals surface area contributed by atoms with Crippen molar-refractivity contribution in [3.8, 4) is 0 Å². The fourth-order valence-corrected chi connectivity index (χ4v) is 1.04. The molecule has 16 heavy (non-hydrogen) atoms. The molecule has 0 aliphatic rings. The lowest BCUT2D eigenvalue weighted by atomic mass is 10.2. The minimum absolute atomic E-state index is 0.0496. The van der Waals surface area contributed by atoms with Crippen LogP contribution in [0.4, 0.5) is 0 Å². The van der Waals surface area contributed by atoms with Crippen LogP contribution in [0.2, 0.25) is 0 Å². The van der Waals surface area contributed by atoms with E-state index in [1.807, 2.05) is 0 Å². The largest absolute Gasteiger partial charge is 0.364 e. The van der Waals surface area contributed by atoms with Crippen LogP contribution in [-0.4, -0.2) is 29.9 Å². The minimum Gasteiger partial charge on any atom is -0.364 e. The third-order valence-corrected chi connectivity index (χ3v) is 1.83. The van der Waals surface area contributed by atoms with E-state index in [-0.39, 0.29) is 17.3 Å². The van der Waals surface area contributed by atoms with Crippen molar-refractivity contribution in [3.05, 3.63) is 29.6 Å². The van der Waals surface area contributed by atoms with Crippen LogP contribution in [0.25, 0.3) is 0 Å². The summed E-state index contributed by atoms with van der Waals surface area (Å²) in [5, 5.41) is 2.62. The summed E-state index contributed by atoms with van der Waals surface area (Å²) in [6, 6.07) is 5.44. The first kappa shape index (κ1) is 12.1. The van der Waals surface area contributed by atoms with Gasteiger partial charge in [-0.3, -0.25) is 9.59 Å². The molecule has 6 nitrogen and oxygen atoms in total. The lowest BCUT2D eigenvalue weighted by Crippen LogP contribution is -2.27. The molecule has 0 fully saturated rings. The van der Waals surface area contributed by atoms with E-state index < -0.39 is 5.91 Å². The number of hydrogen-bond acceptors (Lipinski definition) is 4. The third-order valence-electron chi connectivity index (χ3n) is 1.83. The van der Waals surface area contributed by atoms with Crippen LogP contribution in [0.5, 0.6) is 0 Å². The Balaban J connectivity index is 2.68. The van der Waals surface area contributed by atoms with Crippen molar-refractivity contribution in [2.24, 2.45) is 11.5 Å². The minimum atomic E-state index is -0.711. The SMILES string of the molecule is NCCCNC(=O)c1cc[c]c(C(N)=O)n1. The van der Waals surface area contributed by atoms with Crippen molar-refractivity contribution in [1.82, 2.24) is 10.3 Å². The zero-order valence-corrected chi connectivity index (χ0v) is 8.69. The van der Waals surface area contributed by atoms with Gasteiger partial charge in [0, 0.05) is 12.6 Å². The fraction of sp³-hybridized carbons (Fsp3) is 0.300. The van der Waals surface area contributed by atoms with Gasteiger partial charge in [0.2, 0.25) is 0 Å². The quantitative estimate of drug-likeness (QED) is 0.557. The molecule has 0 aliphatic heterocycles. The predicted molar refractivity (Wildman–Crippen MR) is 57.6 cm³/mol. The van der Waals surface area contributed by atoms with Gasteiger partial charge >= 0.3 is 0 Å². The maximum atomic E-state index is 11.5. The predicted octanol–water partition coefficient (Wildman–Crippen LogP) is -0.941. The second-order valence-electron chi connectivity index (χ2n) is 3.09. The van der Waals surface area contributed by atoms with Crippen molar-refractivity contribution in [3.63, 3.8) is 0 Å². The number of nitrogens with two attached hydrogens (primary N) is 2. The lowest BCUT2D eigenvalue weighted by Gasteiger charge is -2.03. The molecule has 0 atom stereocenters. The van der Waals surface area contributed by atoms with Gasteiger partial charge in [0.25, 0.3) is 11.8 Å².